The fourth-order valence-corrected chi connectivity index (χ4v) is 3.06. The predicted molar refractivity (Wildman–Crippen MR) is 114 cm³/mol. The van der Waals surface area contributed by atoms with E-state index in [1.54, 1.807) is 18.3 Å². The second kappa shape index (κ2) is 9.76. The third kappa shape index (κ3) is 5.27. The Bertz CT molecular complexity index is 977. The summed E-state index contributed by atoms with van der Waals surface area (Å²) in [7, 11) is 0. The summed E-state index contributed by atoms with van der Waals surface area (Å²) >= 11 is 0. The van der Waals surface area contributed by atoms with Gasteiger partial charge in [-0.25, -0.2) is 5.43 Å². The first kappa shape index (κ1) is 19.7. The van der Waals surface area contributed by atoms with Crippen molar-refractivity contribution in [2.24, 2.45) is 5.10 Å². The summed E-state index contributed by atoms with van der Waals surface area (Å²) in [5.74, 6) is 1.07. The predicted octanol–water partition coefficient (Wildman–Crippen LogP) is 3.46. The average Bonchev–Trinajstić information content (AvgIpc) is 3.29. The van der Waals surface area contributed by atoms with Crippen LogP contribution in [0.2, 0.25) is 0 Å². The highest BCUT2D eigenvalue weighted by Gasteiger charge is 2.12. The standard InChI is InChI=1S/C23H23N3O4/c27-23(22-11-10-21(30-22)17-29-20-4-2-1-3-5-20)25-24-16-18-6-8-19(9-7-18)26-12-14-28-15-13-26/h1-11,16H,12-15,17H2,(H,25,27)/b24-16-. The lowest BCUT2D eigenvalue weighted by Crippen LogP contribution is -2.36. The Hall–Kier alpha value is -3.58. The van der Waals surface area contributed by atoms with Gasteiger partial charge < -0.3 is 18.8 Å². The number of ether oxygens (including phenoxy) is 2. The number of benzene rings is 2. The number of anilines is 1. The zero-order valence-electron chi connectivity index (χ0n) is 16.5. The molecule has 154 valence electrons. The zero-order chi connectivity index (χ0) is 20.6. The van der Waals surface area contributed by atoms with Crippen molar-refractivity contribution in [2.45, 2.75) is 6.61 Å². The second-order valence-electron chi connectivity index (χ2n) is 6.76. The molecule has 2 heterocycles. The van der Waals surface area contributed by atoms with E-state index in [1.807, 2.05) is 54.6 Å². The molecule has 0 aliphatic carbocycles. The summed E-state index contributed by atoms with van der Waals surface area (Å²) in [4.78, 5) is 14.5. The zero-order valence-corrected chi connectivity index (χ0v) is 16.5. The quantitative estimate of drug-likeness (QED) is 0.481. The number of rotatable bonds is 7. The number of morpholine rings is 1. The van der Waals surface area contributed by atoms with Gasteiger partial charge in [0.15, 0.2) is 5.76 Å². The maximum Gasteiger partial charge on any atom is 0.307 e. The van der Waals surface area contributed by atoms with Crippen LogP contribution in [0.1, 0.15) is 21.9 Å². The minimum Gasteiger partial charge on any atom is -0.486 e. The molecular formula is C23H23N3O4. The molecule has 30 heavy (non-hydrogen) atoms. The Morgan fingerprint density at radius 2 is 1.80 bits per heavy atom. The van der Waals surface area contributed by atoms with Gasteiger partial charge in [0.05, 0.1) is 19.4 Å². The van der Waals surface area contributed by atoms with E-state index in [9.17, 15) is 4.79 Å². The molecule has 0 unspecified atom stereocenters. The van der Waals surface area contributed by atoms with Gasteiger partial charge in [0.2, 0.25) is 0 Å². The minimum atomic E-state index is -0.415. The molecule has 4 rings (SSSR count). The molecule has 0 atom stereocenters. The molecule has 0 radical (unpaired) electrons. The van der Waals surface area contributed by atoms with Crippen molar-refractivity contribution in [3.63, 3.8) is 0 Å². The maximum absolute atomic E-state index is 12.2. The van der Waals surface area contributed by atoms with Gasteiger partial charge in [-0.05, 0) is 42.0 Å². The Balaban J connectivity index is 1.27. The first-order valence-electron chi connectivity index (χ1n) is 9.81. The molecule has 2 aromatic carbocycles. The van der Waals surface area contributed by atoms with Crippen LogP contribution in [0.5, 0.6) is 5.75 Å². The van der Waals surface area contributed by atoms with Gasteiger partial charge in [-0.2, -0.15) is 5.10 Å². The highest BCUT2D eigenvalue weighted by molar-refractivity contribution is 5.92. The van der Waals surface area contributed by atoms with Gasteiger partial charge >= 0.3 is 5.91 Å². The van der Waals surface area contributed by atoms with Gasteiger partial charge in [0, 0.05) is 18.8 Å². The van der Waals surface area contributed by atoms with Crippen molar-refractivity contribution in [1.82, 2.24) is 5.43 Å². The number of para-hydroxylation sites is 1. The van der Waals surface area contributed by atoms with Crippen LogP contribution in [0, 0.1) is 0 Å². The van der Waals surface area contributed by atoms with Gasteiger partial charge in [0.25, 0.3) is 0 Å². The molecule has 1 amide bonds. The monoisotopic (exact) mass is 405 g/mol. The fourth-order valence-electron chi connectivity index (χ4n) is 3.06. The summed E-state index contributed by atoms with van der Waals surface area (Å²) in [5.41, 5.74) is 4.53. The smallest absolute Gasteiger partial charge is 0.307 e. The maximum atomic E-state index is 12.2. The van der Waals surface area contributed by atoms with E-state index in [1.165, 1.54) is 0 Å². The summed E-state index contributed by atoms with van der Waals surface area (Å²) < 4.78 is 16.5. The molecule has 1 N–H and O–H groups in total. The lowest BCUT2D eigenvalue weighted by atomic mass is 10.2. The minimum absolute atomic E-state index is 0.182. The lowest BCUT2D eigenvalue weighted by Gasteiger charge is -2.28. The Morgan fingerprint density at radius 3 is 2.57 bits per heavy atom. The number of carbonyl (C=O) groups excluding carboxylic acids is 1. The van der Waals surface area contributed by atoms with E-state index in [4.69, 9.17) is 13.9 Å². The molecule has 0 bridgehead atoms. The Labute approximate surface area is 174 Å². The van der Waals surface area contributed by atoms with E-state index in [0.717, 1.165) is 43.3 Å². The van der Waals surface area contributed by atoms with Crippen LogP contribution >= 0.6 is 0 Å². The van der Waals surface area contributed by atoms with E-state index in [2.05, 4.69) is 15.4 Å². The average molecular weight is 405 g/mol. The molecule has 7 heteroatoms. The fraction of sp³-hybridized carbons (Fsp3) is 0.217. The summed E-state index contributed by atoms with van der Waals surface area (Å²) in [6.07, 6.45) is 1.60. The van der Waals surface area contributed by atoms with Gasteiger partial charge in [-0.3, -0.25) is 4.79 Å². The van der Waals surface area contributed by atoms with Crippen molar-refractivity contribution >= 4 is 17.8 Å². The Kier molecular flexibility index (Phi) is 6.41. The number of hydrogen-bond acceptors (Lipinski definition) is 6. The van der Waals surface area contributed by atoms with Crippen molar-refractivity contribution in [1.29, 1.82) is 0 Å². The second-order valence-corrected chi connectivity index (χ2v) is 6.76. The number of carbonyl (C=O) groups is 1. The molecule has 1 aromatic heterocycles. The first-order valence-corrected chi connectivity index (χ1v) is 9.81. The molecule has 0 spiro atoms. The normalized spacial score (nSPS) is 14.1. The topological polar surface area (TPSA) is 76.3 Å². The van der Waals surface area contributed by atoms with Crippen LogP contribution in [0.4, 0.5) is 5.69 Å². The van der Waals surface area contributed by atoms with Crippen LogP contribution in [-0.4, -0.2) is 38.4 Å². The number of furan rings is 1. The molecule has 1 saturated heterocycles. The molecule has 1 fully saturated rings. The van der Waals surface area contributed by atoms with Crippen molar-refractivity contribution in [3.8, 4) is 5.75 Å². The van der Waals surface area contributed by atoms with Crippen LogP contribution in [-0.2, 0) is 11.3 Å². The number of hydrogen-bond donors (Lipinski definition) is 1. The number of amides is 1. The van der Waals surface area contributed by atoms with Crippen LogP contribution in [0.15, 0.2) is 76.2 Å². The van der Waals surface area contributed by atoms with Crippen LogP contribution < -0.4 is 15.1 Å². The van der Waals surface area contributed by atoms with E-state index < -0.39 is 5.91 Å². The molecule has 1 aliphatic heterocycles. The number of nitrogens with one attached hydrogen (secondary N) is 1. The highest BCUT2D eigenvalue weighted by Crippen LogP contribution is 2.16. The summed E-state index contributed by atoms with van der Waals surface area (Å²) in [5, 5.41) is 4.01. The number of hydrazone groups is 1. The molecule has 3 aromatic rings. The van der Waals surface area contributed by atoms with Gasteiger partial charge in [-0.1, -0.05) is 30.3 Å². The molecule has 1 aliphatic rings. The Morgan fingerprint density at radius 1 is 1.03 bits per heavy atom. The number of nitrogens with zero attached hydrogens (tertiary/aromatic N) is 2. The van der Waals surface area contributed by atoms with Gasteiger partial charge in [0.1, 0.15) is 18.1 Å². The third-order valence-corrected chi connectivity index (χ3v) is 4.66. The van der Waals surface area contributed by atoms with Gasteiger partial charge in [-0.15, -0.1) is 0 Å². The van der Waals surface area contributed by atoms with E-state index >= 15 is 0 Å². The first-order chi connectivity index (χ1) is 14.8. The van der Waals surface area contributed by atoms with Crippen LogP contribution in [0.25, 0.3) is 0 Å². The highest BCUT2D eigenvalue weighted by atomic mass is 16.5. The molecule has 7 nitrogen and oxygen atoms in total. The summed E-state index contributed by atoms with van der Waals surface area (Å²) in [6.45, 7) is 3.54. The molecular weight excluding hydrogens is 382 g/mol. The van der Waals surface area contributed by atoms with E-state index in [0.29, 0.717) is 5.76 Å². The molecule has 0 saturated carbocycles. The van der Waals surface area contributed by atoms with Crippen molar-refractivity contribution in [3.05, 3.63) is 83.8 Å². The lowest BCUT2D eigenvalue weighted by molar-refractivity contribution is 0.0923. The van der Waals surface area contributed by atoms with Crippen molar-refractivity contribution in [2.75, 3.05) is 31.2 Å². The largest absolute Gasteiger partial charge is 0.486 e. The third-order valence-electron chi connectivity index (χ3n) is 4.66. The van der Waals surface area contributed by atoms with Crippen LogP contribution in [0.3, 0.4) is 0 Å². The van der Waals surface area contributed by atoms with E-state index in [-0.39, 0.29) is 12.4 Å². The summed E-state index contributed by atoms with van der Waals surface area (Å²) in [6, 6.07) is 20.8. The van der Waals surface area contributed by atoms with Crippen molar-refractivity contribution < 1.29 is 18.7 Å². The SMILES string of the molecule is O=C(N/N=C\c1ccc(N2CCOCC2)cc1)c1ccc(COc2ccccc2)o1.